The molecule has 0 N–H and O–H groups in total. The van der Waals surface area contributed by atoms with Crippen LogP contribution in [0.15, 0.2) is 48.5 Å². The van der Waals surface area contributed by atoms with Crippen molar-refractivity contribution >= 4 is 29.1 Å². The lowest BCUT2D eigenvalue weighted by molar-refractivity contribution is -0.385. The van der Waals surface area contributed by atoms with Crippen LogP contribution in [-0.2, 0) is 11.2 Å². The smallest absolute Gasteiger partial charge is 0.273 e. The van der Waals surface area contributed by atoms with E-state index in [9.17, 15) is 19.7 Å². The van der Waals surface area contributed by atoms with Crippen LogP contribution in [-0.4, -0.2) is 23.2 Å². The third-order valence-corrected chi connectivity index (χ3v) is 4.65. The molecule has 6 nitrogen and oxygen atoms in total. The van der Waals surface area contributed by atoms with Gasteiger partial charge in [-0.05, 0) is 48.7 Å². The highest BCUT2D eigenvalue weighted by molar-refractivity contribution is 6.07. The van der Waals surface area contributed by atoms with Crippen LogP contribution < -0.4 is 4.90 Å². The van der Waals surface area contributed by atoms with Crippen LogP contribution in [0.1, 0.15) is 41.3 Å². The summed E-state index contributed by atoms with van der Waals surface area (Å²) in [6.45, 7) is 2.57. The first-order chi connectivity index (χ1) is 13.0. The van der Waals surface area contributed by atoms with Crippen molar-refractivity contribution in [3.8, 4) is 0 Å². The summed E-state index contributed by atoms with van der Waals surface area (Å²) in [4.78, 5) is 36.6. The van der Waals surface area contributed by atoms with Crippen LogP contribution in [0.25, 0.3) is 6.08 Å². The van der Waals surface area contributed by atoms with Crippen LogP contribution in [0.3, 0.4) is 0 Å². The Kier molecular flexibility index (Phi) is 5.45. The Morgan fingerprint density at radius 3 is 2.56 bits per heavy atom. The number of aryl methyl sites for hydroxylation is 1. The molecule has 0 aliphatic carbocycles. The van der Waals surface area contributed by atoms with E-state index >= 15 is 0 Å². The van der Waals surface area contributed by atoms with Gasteiger partial charge in [0.25, 0.3) is 5.69 Å². The lowest BCUT2D eigenvalue weighted by Crippen LogP contribution is -2.23. The van der Waals surface area contributed by atoms with E-state index in [0.717, 1.165) is 12.1 Å². The van der Waals surface area contributed by atoms with Gasteiger partial charge in [0, 0.05) is 35.8 Å². The maximum atomic E-state index is 12.4. The highest BCUT2D eigenvalue weighted by Crippen LogP contribution is 2.23. The first-order valence-electron chi connectivity index (χ1n) is 8.89. The highest BCUT2D eigenvalue weighted by Gasteiger charge is 2.21. The minimum Gasteiger partial charge on any atom is -0.312 e. The Morgan fingerprint density at radius 2 is 1.96 bits per heavy atom. The number of allylic oxidation sites excluding steroid dienone is 1. The van der Waals surface area contributed by atoms with Gasteiger partial charge in [-0.25, -0.2) is 0 Å². The molecule has 0 radical (unpaired) electrons. The Labute approximate surface area is 157 Å². The number of ketones is 1. The molecule has 6 heteroatoms. The summed E-state index contributed by atoms with van der Waals surface area (Å²) in [7, 11) is 0. The standard InChI is InChI=1S/C21H20N2O4/c1-2-16-7-5-15(14-19(16)23(26)27)6-12-20(24)17-8-10-18(11-9-17)22-13-3-4-21(22)25/h5-12,14H,2-4,13H2,1H3/b12-6+. The number of hydrogen-bond acceptors (Lipinski definition) is 4. The van der Waals surface area contributed by atoms with Crippen LogP contribution in [0, 0.1) is 10.1 Å². The fourth-order valence-electron chi connectivity index (χ4n) is 3.15. The van der Waals surface area contributed by atoms with E-state index in [1.807, 2.05) is 6.92 Å². The van der Waals surface area contributed by atoms with E-state index in [0.29, 0.717) is 36.1 Å². The number of rotatable bonds is 6. The molecule has 1 aliphatic heterocycles. The summed E-state index contributed by atoms with van der Waals surface area (Å²) in [5.41, 5.74) is 2.62. The summed E-state index contributed by atoms with van der Waals surface area (Å²) in [6, 6.07) is 11.9. The number of carbonyl (C=O) groups is 2. The molecule has 0 aromatic heterocycles. The zero-order valence-electron chi connectivity index (χ0n) is 15.1. The fraction of sp³-hybridized carbons (Fsp3) is 0.238. The number of nitrogens with zero attached hydrogens (tertiary/aromatic N) is 2. The maximum absolute atomic E-state index is 12.4. The van der Waals surface area contributed by atoms with Crippen LogP contribution >= 0.6 is 0 Å². The van der Waals surface area contributed by atoms with Crippen molar-refractivity contribution in [1.82, 2.24) is 0 Å². The first-order valence-corrected chi connectivity index (χ1v) is 8.89. The zero-order chi connectivity index (χ0) is 19.4. The summed E-state index contributed by atoms with van der Waals surface area (Å²) in [5.74, 6) is -0.0948. The van der Waals surface area contributed by atoms with Crippen molar-refractivity contribution in [2.24, 2.45) is 0 Å². The molecule has 0 atom stereocenters. The third kappa shape index (κ3) is 4.11. The first kappa shape index (κ1) is 18.5. The van der Waals surface area contributed by atoms with Gasteiger partial charge in [0.2, 0.25) is 5.91 Å². The minimum absolute atomic E-state index is 0.0618. The van der Waals surface area contributed by atoms with Crippen molar-refractivity contribution in [2.75, 3.05) is 11.4 Å². The second-order valence-corrected chi connectivity index (χ2v) is 6.39. The quantitative estimate of drug-likeness (QED) is 0.333. The summed E-state index contributed by atoms with van der Waals surface area (Å²) >= 11 is 0. The topological polar surface area (TPSA) is 80.5 Å². The number of amides is 1. The van der Waals surface area contributed by atoms with E-state index in [1.54, 1.807) is 47.4 Å². The molecule has 27 heavy (non-hydrogen) atoms. The molecule has 0 saturated carbocycles. The Bertz CT molecular complexity index is 916. The van der Waals surface area contributed by atoms with E-state index < -0.39 is 4.92 Å². The van der Waals surface area contributed by atoms with Gasteiger partial charge in [-0.2, -0.15) is 0 Å². The molecule has 1 saturated heterocycles. The third-order valence-electron chi connectivity index (χ3n) is 4.65. The van der Waals surface area contributed by atoms with Gasteiger partial charge in [-0.15, -0.1) is 0 Å². The molecule has 2 aromatic carbocycles. The summed E-state index contributed by atoms with van der Waals surface area (Å²) < 4.78 is 0. The van der Waals surface area contributed by atoms with Crippen molar-refractivity contribution in [3.05, 3.63) is 75.3 Å². The van der Waals surface area contributed by atoms with Gasteiger partial charge in [-0.3, -0.25) is 19.7 Å². The van der Waals surface area contributed by atoms with Gasteiger partial charge in [0.05, 0.1) is 4.92 Å². The highest BCUT2D eigenvalue weighted by atomic mass is 16.6. The molecule has 2 aromatic rings. The van der Waals surface area contributed by atoms with Gasteiger partial charge < -0.3 is 4.90 Å². The van der Waals surface area contributed by atoms with Crippen molar-refractivity contribution in [3.63, 3.8) is 0 Å². The zero-order valence-corrected chi connectivity index (χ0v) is 15.1. The molecule has 138 valence electrons. The molecule has 0 bridgehead atoms. The predicted octanol–water partition coefficient (Wildman–Crippen LogP) is 4.18. The molecule has 1 heterocycles. The summed E-state index contributed by atoms with van der Waals surface area (Å²) in [6.07, 6.45) is 4.97. The molecule has 0 spiro atoms. The molecule has 3 rings (SSSR count). The number of hydrogen-bond donors (Lipinski definition) is 0. The van der Waals surface area contributed by atoms with E-state index in [-0.39, 0.29) is 17.4 Å². The normalized spacial score (nSPS) is 14.1. The molecule has 1 aliphatic rings. The number of benzene rings is 2. The average Bonchev–Trinajstić information content (AvgIpc) is 3.11. The number of nitro benzene ring substituents is 1. The Morgan fingerprint density at radius 1 is 1.22 bits per heavy atom. The maximum Gasteiger partial charge on any atom is 0.273 e. The number of carbonyl (C=O) groups excluding carboxylic acids is 2. The van der Waals surface area contributed by atoms with Crippen molar-refractivity contribution in [1.29, 1.82) is 0 Å². The number of nitro groups is 1. The SMILES string of the molecule is CCc1ccc(/C=C/C(=O)c2ccc(N3CCCC3=O)cc2)cc1[N+](=O)[O-]. The van der Waals surface area contributed by atoms with Crippen molar-refractivity contribution < 1.29 is 14.5 Å². The summed E-state index contributed by atoms with van der Waals surface area (Å²) in [5, 5.41) is 11.1. The van der Waals surface area contributed by atoms with E-state index in [1.165, 1.54) is 12.1 Å². The molecular weight excluding hydrogens is 344 g/mol. The second-order valence-electron chi connectivity index (χ2n) is 6.39. The molecular formula is C21H20N2O4. The van der Waals surface area contributed by atoms with Gasteiger partial charge in [0.1, 0.15) is 0 Å². The minimum atomic E-state index is -0.406. The van der Waals surface area contributed by atoms with Crippen molar-refractivity contribution in [2.45, 2.75) is 26.2 Å². The largest absolute Gasteiger partial charge is 0.312 e. The Balaban J connectivity index is 1.74. The van der Waals surface area contributed by atoms with E-state index in [2.05, 4.69) is 0 Å². The second kappa shape index (κ2) is 7.95. The lowest BCUT2D eigenvalue weighted by Gasteiger charge is -2.15. The Hall–Kier alpha value is -3.28. The fourth-order valence-corrected chi connectivity index (χ4v) is 3.15. The molecule has 1 fully saturated rings. The molecule has 0 unspecified atom stereocenters. The van der Waals surface area contributed by atoms with Crippen LogP contribution in [0.5, 0.6) is 0 Å². The van der Waals surface area contributed by atoms with Gasteiger partial charge in [0.15, 0.2) is 5.78 Å². The monoisotopic (exact) mass is 364 g/mol. The van der Waals surface area contributed by atoms with Crippen LogP contribution in [0.4, 0.5) is 11.4 Å². The van der Waals surface area contributed by atoms with Crippen LogP contribution in [0.2, 0.25) is 0 Å². The van der Waals surface area contributed by atoms with Gasteiger partial charge >= 0.3 is 0 Å². The van der Waals surface area contributed by atoms with Gasteiger partial charge in [-0.1, -0.05) is 25.1 Å². The predicted molar refractivity (Wildman–Crippen MR) is 104 cm³/mol. The average molecular weight is 364 g/mol. The number of anilines is 1. The lowest BCUT2D eigenvalue weighted by atomic mass is 10.1. The van der Waals surface area contributed by atoms with E-state index in [4.69, 9.17) is 0 Å². The molecule has 1 amide bonds.